The number of methoxy groups -OCH3 is 2. The number of benzene rings is 2. The van der Waals surface area contributed by atoms with Crippen LogP contribution in [0.25, 0.3) is 0 Å². The lowest BCUT2D eigenvalue weighted by Crippen LogP contribution is -2.24. The minimum Gasteiger partial charge on any atom is -0.497 e. The van der Waals surface area contributed by atoms with Gasteiger partial charge in [-0.3, -0.25) is 9.59 Å². The van der Waals surface area contributed by atoms with Gasteiger partial charge in [-0.2, -0.15) is 0 Å². The molecule has 2 amide bonds. The Balaban J connectivity index is 1.36. The number of nitrogens with one attached hydrogen (secondary N) is 1. The van der Waals surface area contributed by atoms with Crippen LogP contribution in [0.5, 0.6) is 11.5 Å². The number of carbonyl (C=O) groups is 2. The largest absolute Gasteiger partial charge is 0.497 e. The Hall–Kier alpha value is -3.46. The van der Waals surface area contributed by atoms with Gasteiger partial charge < -0.3 is 19.7 Å². The maximum absolute atomic E-state index is 12.5. The molecule has 2 heterocycles. The highest BCUT2D eigenvalue weighted by molar-refractivity contribution is 7.15. The van der Waals surface area contributed by atoms with Gasteiger partial charge in [-0.15, -0.1) is 10.2 Å². The number of aromatic nitrogens is 2. The topological polar surface area (TPSA) is 93.7 Å². The lowest BCUT2D eigenvalue weighted by atomic mass is 10.1. The quantitative estimate of drug-likeness (QED) is 0.609. The van der Waals surface area contributed by atoms with E-state index in [4.69, 9.17) is 9.47 Å². The van der Waals surface area contributed by atoms with Crippen LogP contribution in [0.1, 0.15) is 22.9 Å². The Morgan fingerprint density at radius 2 is 1.71 bits per heavy atom. The number of amides is 2. The van der Waals surface area contributed by atoms with Gasteiger partial charge in [-0.05, 0) is 42.0 Å². The highest BCUT2D eigenvalue weighted by atomic mass is 32.1. The first-order valence-corrected chi connectivity index (χ1v) is 10.6. The number of ether oxygens (including phenoxy) is 2. The Kier molecular flexibility index (Phi) is 6.13. The van der Waals surface area contributed by atoms with Crippen LogP contribution in [0.15, 0.2) is 48.5 Å². The molecule has 0 bridgehead atoms. The van der Waals surface area contributed by atoms with Crippen molar-refractivity contribution in [2.75, 3.05) is 31.0 Å². The molecule has 1 aliphatic heterocycles. The van der Waals surface area contributed by atoms with E-state index in [1.807, 2.05) is 48.5 Å². The number of hydrogen-bond acceptors (Lipinski definition) is 7. The van der Waals surface area contributed by atoms with E-state index in [0.717, 1.165) is 27.8 Å². The van der Waals surface area contributed by atoms with E-state index in [0.29, 0.717) is 18.1 Å². The molecule has 1 N–H and O–H groups in total. The molecule has 8 nitrogen and oxygen atoms in total. The predicted molar refractivity (Wildman–Crippen MR) is 118 cm³/mol. The molecule has 0 spiro atoms. The zero-order chi connectivity index (χ0) is 21.8. The second kappa shape index (κ2) is 9.13. The van der Waals surface area contributed by atoms with E-state index in [-0.39, 0.29) is 24.2 Å². The van der Waals surface area contributed by atoms with Crippen molar-refractivity contribution < 1.29 is 19.1 Å². The smallest absolute Gasteiger partial charge is 0.230 e. The van der Waals surface area contributed by atoms with Crippen LogP contribution in [0.4, 0.5) is 10.8 Å². The monoisotopic (exact) mass is 438 g/mol. The molecule has 160 valence electrons. The van der Waals surface area contributed by atoms with Gasteiger partial charge in [-0.1, -0.05) is 23.5 Å². The number of carbonyl (C=O) groups excluding carboxylic acids is 2. The first-order valence-electron chi connectivity index (χ1n) is 9.76. The Morgan fingerprint density at radius 3 is 2.35 bits per heavy atom. The minimum atomic E-state index is -0.171. The zero-order valence-corrected chi connectivity index (χ0v) is 18.0. The summed E-state index contributed by atoms with van der Waals surface area (Å²) in [6.07, 6.45) is 0.590. The van der Waals surface area contributed by atoms with Crippen LogP contribution in [0.3, 0.4) is 0 Å². The average Bonchev–Trinajstić information content (AvgIpc) is 3.41. The van der Waals surface area contributed by atoms with Gasteiger partial charge in [0, 0.05) is 24.6 Å². The average molecular weight is 439 g/mol. The molecule has 1 unspecified atom stereocenters. The van der Waals surface area contributed by atoms with Crippen molar-refractivity contribution in [2.24, 2.45) is 0 Å². The number of nitrogens with zero attached hydrogens (tertiary/aromatic N) is 3. The molecule has 1 atom stereocenters. The third-order valence-electron chi connectivity index (χ3n) is 5.07. The summed E-state index contributed by atoms with van der Waals surface area (Å²) >= 11 is 1.31. The molecule has 1 fully saturated rings. The van der Waals surface area contributed by atoms with E-state index in [1.54, 1.807) is 19.1 Å². The van der Waals surface area contributed by atoms with Crippen LogP contribution >= 0.6 is 11.3 Å². The molecule has 4 rings (SSSR count). The number of rotatable bonds is 7. The highest BCUT2D eigenvalue weighted by Crippen LogP contribution is 2.34. The summed E-state index contributed by atoms with van der Waals surface area (Å²) in [6, 6.07) is 14.7. The molecule has 9 heteroatoms. The molecular weight excluding hydrogens is 416 g/mol. The Labute approximate surface area is 183 Å². The molecule has 3 aromatic rings. The molecule has 1 aliphatic rings. The van der Waals surface area contributed by atoms with Crippen LogP contribution in [0.2, 0.25) is 0 Å². The van der Waals surface area contributed by atoms with E-state index in [2.05, 4.69) is 15.5 Å². The predicted octanol–water partition coefficient (Wildman–Crippen LogP) is 3.26. The van der Waals surface area contributed by atoms with Gasteiger partial charge in [-0.25, -0.2) is 0 Å². The molecule has 1 saturated heterocycles. The maximum Gasteiger partial charge on any atom is 0.230 e. The molecule has 0 aliphatic carbocycles. The summed E-state index contributed by atoms with van der Waals surface area (Å²) in [6.45, 7) is 0.527. The zero-order valence-electron chi connectivity index (χ0n) is 17.2. The van der Waals surface area contributed by atoms with Crippen molar-refractivity contribution in [2.45, 2.75) is 18.8 Å². The first-order chi connectivity index (χ1) is 15.1. The Morgan fingerprint density at radius 1 is 1.06 bits per heavy atom. The Bertz CT molecular complexity index is 1070. The molecule has 31 heavy (non-hydrogen) atoms. The van der Waals surface area contributed by atoms with E-state index in [1.165, 1.54) is 11.3 Å². The molecular formula is C22H22N4O4S. The fourth-order valence-electron chi connectivity index (χ4n) is 3.43. The second-order valence-electron chi connectivity index (χ2n) is 7.12. The van der Waals surface area contributed by atoms with Crippen molar-refractivity contribution in [3.63, 3.8) is 0 Å². The fraction of sp³-hybridized carbons (Fsp3) is 0.273. The van der Waals surface area contributed by atoms with Crippen molar-refractivity contribution in [1.82, 2.24) is 10.2 Å². The summed E-state index contributed by atoms with van der Waals surface area (Å²) in [7, 11) is 3.21. The lowest BCUT2D eigenvalue weighted by Gasteiger charge is -2.16. The number of anilines is 2. The summed E-state index contributed by atoms with van der Waals surface area (Å²) in [5.41, 5.74) is 1.70. The summed E-state index contributed by atoms with van der Waals surface area (Å²) in [4.78, 5) is 26.6. The van der Waals surface area contributed by atoms with Crippen LogP contribution in [-0.4, -0.2) is 42.8 Å². The lowest BCUT2D eigenvalue weighted by molar-refractivity contribution is -0.117. The van der Waals surface area contributed by atoms with Gasteiger partial charge in [0.2, 0.25) is 16.9 Å². The molecule has 0 radical (unpaired) electrons. The first kappa shape index (κ1) is 20.8. The third kappa shape index (κ3) is 4.83. The summed E-state index contributed by atoms with van der Waals surface area (Å²) in [5.74, 6) is 1.30. The van der Waals surface area contributed by atoms with Crippen molar-refractivity contribution in [3.8, 4) is 11.5 Å². The third-order valence-corrected chi connectivity index (χ3v) is 6.07. The van der Waals surface area contributed by atoms with Gasteiger partial charge in [0.25, 0.3) is 0 Å². The minimum absolute atomic E-state index is 0.0375. The van der Waals surface area contributed by atoms with E-state index < -0.39 is 0 Å². The highest BCUT2D eigenvalue weighted by Gasteiger charge is 2.34. The van der Waals surface area contributed by atoms with Gasteiger partial charge in [0.15, 0.2) is 0 Å². The maximum atomic E-state index is 12.5. The molecule has 2 aromatic carbocycles. The van der Waals surface area contributed by atoms with Crippen LogP contribution < -0.4 is 19.7 Å². The van der Waals surface area contributed by atoms with Crippen molar-refractivity contribution >= 4 is 34.0 Å². The normalized spacial score (nSPS) is 15.7. The molecule has 0 saturated carbocycles. The summed E-state index contributed by atoms with van der Waals surface area (Å²) in [5, 5.41) is 12.3. The second-order valence-corrected chi connectivity index (χ2v) is 8.13. The van der Waals surface area contributed by atoms with E-state index >= 15 is 0 Å². The van der Waals surface area contributed by atoms with E-state index in [9.17, 15) is 9.59 Å². The number of hydrogen-bond donors (Lipinski definition) is 1. The van der Waals surface area contributed by atoms with Gasteiger partial charge in [0.05, 0.1) is 20.6 Å². The summed E-state index contributed by atoms with van der Waals surface area (Å²) < 4.78 is 10.3. The fourth-order valence-corrected chi connectivity index (χ4v) is 4.28. The van der Waals surface area contributed by atoms with Crippen LogP contribution in [-0.2, 0) is 16.0 Å². The van der Waals surface area contributed by atoms with Gasteiger partial charge in [0.1, 0.15) is 16.5 Å². The van der Waals surface area contributed by atoms with Crippen molar-refractivity contribution in [1.29, 1.82) is 0 Å². The van der Waals surface area contributed by atoms with Crippen LogP contribution in [0, 0.1) is 0 Å². The standard InChI is InChI=1S/C22H22N4O4S/c1-29-17-7-3-14(4-8-17)11-19(27)23-22-25-24-21(31-22)15-12-20(28)26(13-15)16-5-9-18(30-2)10-6-16/h3-10,15H,11-13H2,1-2H3,(H,23,25,27). The van der Waals surface area contributed by atoms with Crippen molar-refractivity contribution in [3.05, 3.63) is 59.1 Å². The van der Waals surface area contributed by atoms with Gasteiger partial charge >= 0.3 is 0 Å². The SMILES string of the molecule is COc1ccc(CC(=O)Nc2nnc(C3CC(=O)N(c4ccc(OC)cc4)C3)s2)cc1. The molecule has 1 aromatic heterocycles.